The van der Waals surface area contributed by atoms with Gasteiger partial charge in [-0.05, 0) is 41.5 Å². The monoisotopic (exact) mass is 843 g/mol. The number of nitrogens with one attached hydrogen (secondary N) is 6. The number of carboxylic acids is 2. The lowest BCUT2D eigenvalue weighted by Gasteiger charge is -2.29. The molecule has 320 valence electrons. The van der Waals surface area contributed by atoms with Crippen LogP contribution in [0.15, 0.2) is 91.1 Å². The lowest BCUT2D eigenvalue weighted by molar-refractivity contribution is -0.141. The van der Waals surface area contributed by atoms with Crippen LogP contribution in [0, 0.1) is 5.92 Å². The molecular weight excluding hydrogens is 791 g/mol. The summed E-state index contributed by atoms with van der Waals surface area (Å²) in [5.41, 5.74) is 9.08. The number of thiol groups is 1. The van der Waals surface area contributed by atoms with E-state index < -0.39 is 96.5 Å². The van der Waals surface area contributed by atoms with Crippen LogP contribution in [0.1, 0.15) is 49.8 Å². The van der Waals surface area contributed by atoms with Crippen molar-refractivity contribution < 1.29 is 43.8 Å². The number of hydrogen-bond donors (Lipinski definition) is 10. The maximum atomic E-state index is 14.2. The summed E-state index contributed by atoms with van der Waals surface area (Å²) in [6, 6.07) is 17.4. The highest BCUT2D eigenvalue weighted by molar-refractivity contribution is 7.80. The zero-order chi connectivity index (χ0) is 43.8. The van der Waals surface area contributed by atoms with Crippen molar-refractivity contribution in [3.8, 4) is 0 Å². The van der Waals surface area contributed by atoms with E-state index in [0.717, 1.165) is 16.5 Å². The molecule has 1 heterocycles. The zero-order valence-electron chi connectivity index (χ0n) is 33.4. The smallest absolute Gasteiger partial charge is 0.327 e. The van der Waals surface area contributed by atoms with E-state index >= 15 is 0 Å². The average molecular weight is 844 g/mol. The van der Waals surface area contributed by atoms with Crippen LogP contribution in [0.25, 0.3) is 10.9 Å². The number of carbonyl (C=O) groups is 7. The summed E-state index contributed by atoms with van der Waals surface area (Å²) in [5.74, 6) is -7.12. The van der Waals surface area contributed by atoms with Gasteiger partial charge >= 0.3 is 11.9 Å². The molecule has 0 aliphatic heterocycles. The van der Waals surface area contributed by atoms with Gasteiger partial charge in [0.05, 0.1) is 6.04 Å². The summed E-state index contributed by atoms with van der Waals surface area (Å²) >= 11 is 4.03. The maximum absolute atomic E-state index is 14.2. The van der Waals surface area contributed by atoms with Crippen molar-refractivity contribution in [2.75, 3.05) is 5.75 Å². The van der Waals surface area contributed by atoms with Crippen molar-refractivity contribution in [3.05, 3.63) is 108 Å². The summed E-state index contributed by atoms with van der Waals surface area (Å²) in [6.45, 7) is 3.61. The molecule has 10 N–H and O–H groups in total. The van der Waals surface area contributed by atoms with Crippen LogP contribution in [0.4, 0.5) is 0 Å². The summed E-state index contributed by atoms with van der Waals surface area (Å²) in [5, 5.41) is 33.0. The van der Waals surface area contributed by atoms with E-state index in [9.17, 15) is 43.8 Å². The van der Waals surface area contributed by atoms with Gasteiger partial charge in [0.2, 0.25) is 29.5 Å². The van der Waals surface area contributed by atoms with Crippen molar-refractivity contribution in [1.29, 1.82) is 0 Å². The molecular formula is C43H53N7O9S. The number of hydrogen-bond acceptors (Lipinski definition) is 9. The fourth-order valence-corrected chi connectivity index (χ4v) is 6.76. The second kappa shape index (κ2) is 22.8. The Hall–Kier alpha value is -6.20. The highest BCUT2D eigenvalue weighted by atomic mass is 32.1. The Bertz CT molecular complexity index is 2100. The lowest BCUT2D eigenvalue weighted by Crippen LogP contribution is -2.60. The third-order valence-electron chi connectivity index (χ3n) is 10.2. The normalized spacial score (nSPS) is 14.6. The van der Waals surface area contributed by atoms with Crippen molar-refractivity contribution in [2.45, 2.75) is 88.6 Å². The maximum Gasteiger partial charge on any atom is 0.327 e. The predicted molar refractivity (Wildman–Crippen MR) is 228 cm³/mol. The number of para-hydroxylation sites is 1. The number of aromatic nitrogens is 1. The second-order valence-corrected chi connectivity index (χ2v) is 15.0. The topological polar surface area (TPSA) is 262 Å². The van der Waals surface area contributed by atoms with Crippen LogP contribution >= 0.6 is 12.6 Å². The first-order valence-corrected chi connectivity index (χ1v) is 20.3. The van der Waals surface area contributed by atoms with Gasteiger partial charge < -0.3 is 47.5 Å². The number of benzene rings is 3. The fraction of sp³-hybridized carbons (Fsp3) is 0.372. The number of carboxylic acid groups (broad SMARTS) is 2. The van der Waals surface area contributed by atoms with Crippen molar-refractivity contribution in [1.82, 2.24) is 31.6 Å². The van der Waals surface area contributed by atoms with E-state index in [1.165, 1.54) is 0 Å². The molecule has 7 atom stereocenters. The number of carbonyl (C=O) groups excluding carboxylic acids is 5. The van der Waals surface area contributed by atoms with Gasteiger partial charge in [0, 0.05) is 42.1 Å². The van der Waals surface area contributed by atoms with E-state index in [1.54, 1.807) is 55.6 Å². The first kappa shape index (κ1) is 46.5. The number of amides is 5. The Morgan fingerprint density at radius 1 is 0.650 bits per heavy atom. The Labute approximate surface area is 353 Å². The van der Waals surface area contributed by atoms with Gasteiger partial charge in [0.25, 0.3) is 0 Å². The van der Waals surface area contributed by atoms with Crippen molar-refractivity contribution >= 4 is 65.0 Å². The summed E-state index contributed by atoms with van der Waals surface area (Å²) < 4.78 is 0. The summed E-state index contributed by atoms with van der Waals surface area (Å²) in [4.78, 5) is 95.8. The van der Waals surface area contributed by atoms with Gasteiger partial charge in [0.1, 0.15) is 30.2 Å². The van der Waals surface area contributed by atoms with E-state index in [1.807, 2.05) is 49.4 Å². The van der Waals surface area contributed by atoms with Crippen LogP contribution in [0.2, 0.25) is 0 Å². The minimum atomic E-state index is -1.52. The molecule has 5 amide bonds. The van der Waals surface area contributed by atoms with Gasteiger partial charge in [-0.2, -0.15) is 12.6 Å². The number of H-pyrrole nitrogens is 1. The molecule has 0 radical (unpaired) electrons. The first-order chi connectivity index (χ1) is 28.7. The Kier molecular flexibility index (Phi) is 17.7. The predicted octanol–water partition coefficient (Wildman–Crippen LogP) is 1.87. The molecule has 0 saturated heterocycles. The van der Waals surface area contributed by atoms with E-state index in [0.29, 0.717) is 17.5 Å². The quantitative estimate of drug-likeness (QED) is 0.0485. The van der Waals surface area contributed by atoms with Crippen LogP contribution in [-0.2, 0) is 52.8 Å². The Balaban J connectivity index is 1.59. The average Bonchev–Trinajstić information content (AvgIpc) is 3.65. The van der Waals surface area contributed by atoms with Gasteiger partial charge in [-0.1, -0.05) is 99.1 Å². The number of aromatic amines is 1. The van der Waals surface area contributed by atoms with E-state index in [4.69, 9.17) is 5.73 Å². The highest BCUT2D eigenvalue weighted by Gasteiger charge is 2.34. The molecule has 4 aromatic rings. The largest absolute Gasteiger partial charge is 0.481 e. The molecule has 0 spiro atoms. The molecule has 16 nitrogen and oxygen atoms in total. The minimum absolute atomic E-state index is 0.0493. The summed E-state index contributed by atoms with van der Waals surface area (Å²) in [7, 11) is 0. The van der Waals surface area contributed by atoms with Crippen molar-refractivity contribution in [3.63, 3.8) is 0 Å². The number of rotatable bonds is 23. The molecule has 17 heteroatoms. The minimum Gasteiger partial charge on any atom is -0.481 e. The molecule has 60 heavy (non-hydrogen) atoms. The van der Waals surface area contributed by atoms with Gasteiger partial charge in [0.15, 0.2) is 0 Å². The number of aliphatic carboxylic acids is 2. The van der Waals surface area contributed by atoms with Crippen molar-refractivity contribution in [2.24, 2.45) is 11.7 Å². The Morgan fingerprint density at radius 2 is 1.17 bits per heavy atom. The standard InChI is InChI=1S/C43H53N7O9S/c1-3-25(2)37(50-38(53)30(44)20-26-12-6-4-7-13-26)42(57)48-33(21-27-14-8-5-9-15-27)40(55)46-32(18-19-36(51)52)39(54)47-34(41(56)49-35(24-60)43(58)59)22-28-23-45-31-17-11-10-16-29(28)31/h4-17,23,25,30,32-35,37,45,60H,3,18-22,24,44H2,1-2H3,(H,46,55)(H,47,54)(H,48,57)(H,49,56)(H,50,53)(H,51,52)(H,58,59)/t25-,30-,32-,33-,34-,35-,37-/m0/s1. The molecule has 4 rings (SSSR count). The summed E-state index contributed by atoms with van der Waals surface area (Å²) in [6.07, 6.45) is 1.24. The molecule has 0 aliphatic carbocycles. The third kappa shape index (κ3) is 13.7. The molecule has 0 fully saturated rings. The van der Waals surface area contributed by atoms with E-state index in [-0.39, 0.29) is 25.0 Å². The molecule has 3 aromatic carbocycles. The van der Waals surface area contributed by atoms with Gasteiger partial charge in [-0.15, -0.1) is 0 Å². The third-order valence-corrected chi connectivity index (χ3v) is 10.5. The second-order valence-electron chi connectivity index (χ2n) is 14.6. The van der Waals surface area contributed by atoms with Gasteiger partial charge in [-0.3, -0.25) is 28.8 Å². The van der Waals surface area contributed by atoms with Crippen LogP contribution in [0.5, 0.6) is 0 Å². The number of nitrogens with two attached hydrogens (primary N) is 1. The number of fused-ring (bicyclic) bond motifs is 1. The van der Waals surface area contributed by atoms with Crippen LogP contribution < -0.4 is 32.3 Å². The van der Waals surface area contributed by atoms with Crippen LogP contribution in [0.3, 0.4) is 0 Å². The fourth-order valence-electron chi connectivity index (χ4n) is 6.51. The molecule has 0 unspecified atom stereocenters. The van der Waals surface area contributed by atoms with Crippen LogP contribution in [-0.4, -0.2) is 98.7 Å². The van der Waals surface area contributed by atoms with E-state index in [2.05, 4.69) is 44.2 Å². The highest BCUT2D eigenvalue weighted by Crippen LogP contribution is 2.20. The zero-order valence-corrected chi connectivity index (χ0v) is 34.3. The van der Waals surface area contributed by atoms with Gasteiger partial charge in [-0.25, -0.2) is 4.79 Å². The molecule has 0 bridgehead atoms. The first-order valence-electron chi connectivity index (χ1n) is 19.7. The lowest BCUT2D eigenvalue weighted by atomic mass is 9.96. The molecule has 1 aromatic heterocycles. The Morgan fingerprint density at radius 3 is 1.75 bits per heavy atom. The molecule has 0 aliphatic rings. The SMILES string of the molecule is CC[C@H](C)[C@H](NC(=O)[C@@H](N)Cc1ccccc1)C(=O)N[C@@H](Cc1ccccc1)C(=O)N[C@@H](CCC(=O)O)C(=O)N[C@@H](Cc1c[nH]c2ccccc12)C(=O)N[C@@H](CS)C(=O)O. The molecule has 0 saturated carbocycles.